The van der Waals surface area contributed by atoms with Crippen LogP contribution in [0.1, 0.15) is 38.5 Å². The monoisotopic (exact) mass is 267 g/mol. The molecule has 0 aromatic rings. The number of rotatable bonds is 4. The van der Waals surface area contributed by atoms with Gasteiger partial charge in [-0.2, -0.15) is 0 Å². The third-order valence-corrected chi connectivity index (χ3v) is 5.67. The van der Waals surface area contributed by atoms with Crippen LogP contribution >= 0.6 is 0 Å². The molecule has 3 saturated heterocycles. The van der Waals surface area contributed by atoms with Gasteiger partial charge in [0.25, 0.3) is 0 Å². The number of nitrogens with two attached hydrogens (primary N) is 1. The van der Waals surface area contributed by atoms with E-state index < -0.39 is 0 Å². The van der Waals surface area contributed by atoms with E-state index in [4.69, 9.17) is 10.5 Å². The molecule has 0 aliphatic carbocycles. The highest BCUT2D eigenvalue weighted by molar-refractivity contribution is 5.01. The van der Waals surface area contributed by atoms with Crippen LogP contribution in [0.15, 0.2) is 0 Å². The molecule has 2 N–H and O–H groups in total. The summed E-state index contributed by atoms with van der Waals surface area (Å²) in [6, 6.07) is 0.782. The maximum atomic E-state index is 6.20. The van der Waals surface area contributed by atoms with Gasteiger partial charge in [0.15, 0.2) is 0 Å². The number of fused-ring (bicyclic) bond motifs is 1. The summed E-state index contributed by atoms with van der Waals surface area (Å²) in [5.74, 6) is 0. The Morgan fingerprint density at radius 1 is 1.32 bits per heavy atom. The van der Waals surface area contributed by atoms with E-state index in [1.165, 1.54) is 51.6 Å². The van der Waals surface area contributed by atoms with Gasteiger partial charge in [-0.25, -0.2) is 0 Å². The Labute approximate surface area is 117 Å². The van der Waals surface area contributed by atoms with E-state index in [1.54, 1.807) is 0 Å². The summed E-state index contributed by atoms with van der Waals surface area (Å²) in [5.41, 5.74) is 6.41. The fourth-order valence-corrected chi connectivity index (χ4v) is 4.29. The molecule has 3 rings (SSSR count). The third kappa shape index (κ3) is 2.68. The Kier molecular flexibility index (Phi) is 4.13. The minimum atomic E-state index is 0.220. The first-order chi connectivity index (χ1) is 9.23. The van der Waals surface area contributed by atoms with Crippen LogP contribution < -0.4 is 5.73 Å². The van der Waals surface area contributed by atoms with E-state index in [-0.39, 0.29) is 5.54 Å². The molecule has 3 unspecified atom stereocenters. The zero-order valence-corrected chi connectivity index (χ0v) is 12.3. The molecule has 3 fully saturated rings. The lowest BCUT2D eigenvalue weighted by Crippen LogP contribution is -2.61. The van der Waals surface area contributed by atoms with Crippen molar-refractivity contribution in [3.63, 3.8) is 0 Å². The van der Waals surface area contributed by atoms with Crippen LogP contribution in [-0.4, -0.2) is 67.3 Å². The fraction of sp³-hybridized carbons (Fsp3) is 1.00. The molecule has 3 aliphatic heterocycles. The average Bonchev–Trinajstić information content (AvgIpc) is 3.08. The summed E-state index contributed by atoms with van der Waals surface area (Å²) < 4.78 is 5.80. The van der Waals surface area contributed by atoms with Gasteiger partial charge in [-0.15, -0.1) is 0 Å². The minimum absolute atomic E-state index is 0.220. The second-order valence-electron chi connectivity index (χ2n) is 6.73. The molecule has 0 aromatic carbocycles. The normalized spacial score (nSPS) is 39.9. The number of ether oxygens (including phenoxy) is 1. The molecule has 3 aliphatic rings. The smallest absolute Gasteiger partial charge is 0.0702 e. The van der Waals surface area contributed by atoms with Gasteiger partial charge in [0.05, 0.1) is 6.10 Å². The Morgan fingerprint density at radius 2 is 2.21 bits per heavy atom. The van der Waals surface area contributed by atoms with Crippen LogP contribution in [0.5, 0.6) is 0 Å². The van der Waals surface area contributed by atoms with Crippen molar-refractivity contribution < 1.29 is 4.74 Å². The first-order valence-electron chi connectivity index (χ1n) is 8.00. The van der Waals surface area contributed by atoms with Crippen LogP contribution in [0.3, 0.4) is 0 Å². The molecular formula is C15H29N3O. The Bertz CT molecular complexity index is 306. The fourth-order valence-electron chi connectivity index (χ4n) is 4.29. The second-order valence-corrected chi connectivity index (χ2v) is 6.73. The van der Waals surface area contributed by atoms with Crippen molar-refractivity contribution in [2.24, 2.45) is 5.73 Å². The molecule has 0 aromatic heterocycles. The van der Waals surface area contributed by atoms with E-state index in [2.05, 4.69) is 16.8 Å². The lowest BCUT2D eigenvalue weighted by Gasteiger charge is -2.49. The predicted octanol–water partition coefficient (Wildman–Crippen LogP) is 1.05. The molecule has 4 nitrogen and oxygen atoms in total. The van der Waals surface area contributed by atoms with Crippen molar-refractivity contribution in [2.75, 3.05) is 39.8 Å². The van der Waals surface area contributed by atoms with Crippen LogP contribution in [-0.2, 0) is 4.74 Å². The summed E-state index contributed by atoms with van der Waals surface area (Å²) in [6.45, 7) is 5.34. The third-order valence-electron chi connectivity index (χ3n) is 5.67. The highest BCUT2D eigenvalue weighted by Gasteiger charge is 2.43. The Balaban J connectivity index is 1.64. The van der Waals surface area contributed by atoms with Crippen molar-refractivity contribution in [1.82, 2.24) is 9.80 Å². The summed E-state index contributed by atoms with van der Waals surface area (Å²) in [6.07, 6.45) is 8.12. The number of hydrogen-bond donors (Lipinski definition) is 1. The van der Waals surface area contributed by atoms with Gasteiger partial charge in [-0.1, -0.05) is 0 Å². The maximum absolute atomic E-state index is 6.20. The van der Waals surface area contributed by atoms with Gasteiger partial charge >= 0.3 is 0 Å². The van der Waals surface area contributed by atoms with Gasteiger partial charge in [0.2, 0.25) is 0 Å². The molecule has 19 heavy (non-hydrogen) atoms. The summed E-state index contributed by atoms with van der Waals surface area (Å²) in [4.78, 5) is 5.20. The first-order valence-corrected chi connectivity index (χ1v) is 8.00. The lowest BCUT2D eigenvalue weighted by molar-refractivity contribution is -0.00631. The van der Waals surface area contributed by atoms with Crippen molar-refractivity contribution in [2.45, 2.75) is 56.2 Å². The SMILES string of the molecule is CN(CC1CCCO1)C1(CN)CCN2CCCC2C1. The zero-order chi connectivity index (χ0) is 13.3. The van der Waals surface area contributed by atoms with E-state index >= 15 is 0 Å². The zero-order valence-electron chi connectivity index (χ0n) is 12.3. The van der Waals surface area contributed by atoms with Crippen LogP contribution in [0.25, 0.3) is 0 Å². The molecule has 3 atom stereocenters. The molecular weight excluding hydrogens is 238 g/mol. The number of nitrogens with zero attached hydrogens (tertiary/aromatic N) is 2. The largest absolute Gasteiger partial charge is 0.377 e. The van der Waals surface area contributed by atoms with E-state index in [9.17, 15) is 0 Å². The average molecular weight is 267 g/mol. The molecule has 0 radical (unpaired) electrons. The van der Waals surface area contributed by atoms with Crippen molar-refractivity contribution in [3.05, 3.63) is 0 Å². The number of hydrogen-bond acceptors (Lipinski definition) is 4. The van der Waals surface area contributed by atoms with Crippen molar-refractivity contribution >= 4 is 0 Å². The van der Waals surface area contributed by atoms with E-state index in [1.807, 2.05) is 0 Å². The molecule has 0 spiro atoms. The highest BCUT2D eigenvalue weighted by atomic mass is 16.5. The summed E-state index contributed by atoms with van der Waals surface area (Å²) in [7, 11) is 2.26. The second kappa shape index (κ2) is 5.68. The number of likely N-dealkylation sites (N-methyl/N-ethyl adjacent to an activating group) is 1. The maximum Gasteiger partial charge on any atom is 0.0702 e. The van der Waals surface area contributed by atoms with Gasteiger partial charge < -0.3 is 15.4 Å². The van der Waals surface area contributed by atoms with E-state index in [0.717, 1.165) is 25.7 Å². The molecule has 110 valence electrons. The Morgan fingerprint density at radius 3 is 2.95 bits per heavy atom. The van der Waals surface area contributed by atoms with Gasteiger partial charge in [0, 0.05) is 37.8 Å². The van der Waals surface area contributed by atoms with E-state index in [0.29, 0.717) is 6.10 Å². The first kappa shape index (κ1) is 13.8. The molecule has 0 amide bonds. The minimum Gasteiger partial charge on any atom is -0.377 e. The molecule has 3 heterocycles. The Hall–Kier alpha value is -0.160. The summed E-state index contributed by atoms with van der Waals surface area (Å²) in [5, 5.41) is 0. The van der Waals surface area contributed by atoms with Gasteiger partial charge in [0.1, 0.15) is 0 Å². The lowest BCUT2D eigenvalue weighted by atomic mass is 9.81. The number of piperidine rings is 1. The summed E-state index contributed by atoms with van der Waals surface area (Å²) >= 11 is 0. The van der Waals surface area contributed by atoms with Crippen LogP contribution in [0.2, 0.25) is 0 Å². The molecule has 0 bridgehead atoms. The van der Waals surface area contributed by atoms with Crippen LogP contribution in [0, 0.1) is 0 Å². The molecule has 0 saturated carbocycles. The van der Waals surface area contributed by atoms with Crippen molar-refractivity contribution in [3.8, 4) is 0 Å². The van der Waals surface area contributed by atoms with Crippen LogP contribution in [0.4, 0.5) is 0 Å². The standard InChI is InChI=1S/C15H29N3O/c1-17(11-14-5-3-9-19-14)15(12-16)6-8-18-7-2-4-13(18)10-15/h13-14H,2-12,16H2,1H3. The topological polar surface area (TPSA) is 41.7 Å². The highest BCUT2D eigenvalue weighted by Crippen LogP contribution is 2.36. The molecule has 4 heteroatoms. The quantitative estimate of drug-likeness (QED) is 0.827. The van der Waals surface area contributed by atoms with Gasteiger partial charge in [-0.05, 0) is 52.1 Å². The van der Waals surface area contributed by atoms with Gasteiger partial charge in [-0.3, -0.25) is 4.90 Å². The predicted molar refractivity (Wildman–Crippen MR) is 77.2 cm³/mol. The van der Waals surface area contributed by atoms with Crippen molar-refractivity contribution in [1.29, 1.82) is 0 Å².